The van der Waals surface area contributed by atoms with E-state index < -0.39 is 5.95 Å². The van der Waals surface area contributed by atoms with E-state index in [4.69, 9.17) is 10.2 Å². The summed E-state index contributed by atoms with van der Waals surface area (Å²) in [5.41, 5.74) is 0. The first kappa shape index (κ1) is 4.05. The molecule has 3 nitrogen and oxygen atoms in total. The minimum atomic E-state index is -0.431. The monoisotopic (exact) mass is 100 g/mol. The maximum absolute atomic E-state index is 8.42. The number of hydrogen-bond acceptors (Lipinski definition) is 3. The summed E-state index contributed by atoms with van der Waals surface area (Å²) in [7, 11) is 0. The van der Waals surface area contributed by atoms with Crippen molar-refractivity contribution in [3.63, 3.8) is 0 Å². The molecule has 0 bridgehead atoms. The van der Waals surface area contributed by atoms with Gasteiger partial charge in [-0.3, -0.25) is 0 Å². The maximum Gasteiger partial charge on any atom is 0.325 e. The Bertz CT molecular complexity index is 139. The largest absolute Gasteiger partial charge is 0.502 e. The lowest BCUT2D eigenvalue weighted by atomic mass is 10.6. The standard InChI is InChI=1S/C4H4O3/c5-3-1-2-7-4(3)6/h1-2,5-6H. The van der Waals surface area contributed by atoms with Crippen molar-refractivity contribution >= 4 is 0 Å². The van der Waals surface area contributed by atoms with E-state index in [2.05, 4.69) is 4.42 Å². The van der Waals surface area contributed by atoms with Crippen LogP contribution < -0.4 is 0 Å². The first-order chi connectivity index (χ1) is 3.30. The summed E-state index contributed by atoms with van der Waals surface area (Å²) < 4.78 is 4.27. The van der Waals surface area contributed by atoms with E-state index in [1.165, 1.54) is 12.3 Å². The molecule has 1 aromatic rings. The summed E-state index contributed by atoms with van der Waals surface area (Å²) in [4.78, 5) is 0. The van der Waals surface area contributed by atoms with E-state index >= 15 is 0 Å². The van der Waals surface area contributed by atoms with Gasteiger partial charge in [0.2, 0.25) is 5.75 Å². The normalized spacial score (nSPS) is 9.14. The molecule has 0 radical (unpaired) electrons. The predicted molar refractivity (Wildman–Crippen MR) is 22.0 cm³/mol. The second kappa shape index (κ2) is 1.18. The van der Waals surface area contributed by atoms with E-state index in [9.17, 15) is 0 Å². The van der Waals surface area contributed by atoms with Gasteiger partial charge in [-0.05, 0) is 0 Å². The van der Waals surface area contributed by atoms with E-state index in [0.717, 1.165) is 0 Å². The van der Waals surface area contributed by atoms with E-state index in [1.54, 1.807) is 0 Å². The summed E-state index contributed by atoms with van der Waals surface area (Å²) in [6.45, 7) is 0. The third-order valence-corrected chi connectivity index (χ3v) is 0.625. The minimum absolute atomic E-state index is 0.222. The van der Waals surface area contributed by atoms with Gasteiger partial charge in [0, 0.05) is 6.07 Å². The molecular formula is C4H4O3. The molecular weight excluding hydrogens is 96.0 g/mol. The SMILES string of the molecule is Oc1ccoc1O. The highest BCUT2D eigenvalue weighted by Crippen LogP contribution is 2.23. The van der Waals surface area contributed by atoms with Gasteiger partial charge in [-0.25, -0.2) is 0 Å². The van der Waals surface area contributed by atoms with Crippen LogP contribution >= 0.6 is 0 Å². The Morgan fingerprint density at radius 1 is 1.43 bits per heavy atom. The molecule has 1 heterocycles. The Kier molecular flexibility index (Phi) is 0.685. The highest BCUT2D eigenvalue weighted by molar-refractivity contribution is 5.26. The summed E-state index contributed by atoms with van der Waals surface area (Å²) in [5, 5.41) is 16.8. The molecule has 38 valence electrons. The molecule has 0 aromatic carbocycles. The van der Waals surface area contributed by atoms with Crippen molar-refractivity contribution in [1.82, 2.24) is 0 Å². The van der Waals surface area contributed by atoms with E-state index in [0.29, 0.717) is 0 Å². The Hall–Kier alpha value is -1.12. The van der Waals surface area contributed by atoms with Crippen LogP contribution in [0.2, 0.25) is 0 Å². The lowest BCUT2D eigenvalue weighted by Crippen LogP contribution is -1.50. The highest BCUT2D eigenvalue weighted by Gasteiger charge is 1.96. The fraction of sp³-hybridized carbons (Fsp3) is 0. The van der Waals surface area contributed by atoms with Gasteiger partial charge in [-0.2, -0.15) is 0 Å². The lowest BCUT2D eigenvalue weighted by molar-refractivity contribution is 0.306. The average Bonchev–Trinajstić information content (AvgIpc) is 1.91. The van der Waals surface area contributed by atoms with Crippen LogP contribution in [0.4, 0.5) is 0 Å². The zero-order valence-electron chi connectivity index (χ0n) is 3.46. The summed E-state index contributed by atoms with van der Waals surface area (Å²) in [6, 6.07) is 1.26. The molecule has 2 N–H and O–H groups in total. The van der Waals surface area contributed by atoms with Crippen LogP contribution in [0.3, 0.4) is 0 Å². The van der Waals surface area contributed by atoms with Gasteiger partial charge in [-0.1, -0.05) is 0 Å². The maximum atomic E-state index is 8.42. The fourth-order valence-corrected chi connectivity index (χ4v) is 0.295. The Balaban J connectivity index is 3.12. The Labute approximate surface area is 39.8 Å². The topological polar surface area (TPSA) is 53.6 Å². The fourth-order valence-electron chi connectivity index (χ4n) is 0.295. The Morgan fingerprint density at radius 3 is 2.29 bits per heavy atom. The van der Waals surface area contributed by atoms with Crippen molar-refractivity contribution in [2.24, 2.45) is 0 Å². The van der Waals surface area contributed by atoms with Crippen LogP contribution in [-0.2, 0) is 0 Å². The molecule has 0 aliphatic heterocycles. The number of aromatic hydroxyl groups is 2. The van der Waals surface area contributed by atoms with Crippen molar-refractivity contribution < 1.29 is 14.6 Å². The van der Waals surface area contributed by atoms with Gasteiger partial charge in [-0.15, -0.1) is 0 Å². The zero-order valence-corrected chi connectivity index (χ0v) is 3.46. The van der Waals surface area contributed by atoms with Crippen LogP contribution in [0.5, 0.6) is 11.7 Å². The molecule has 1 aromatic heterocycles. The van der Waals surface area contributed by atoms with Crippen LogP contribution in [0.15, 0.2) is 16.7 Å². The van der Waals surface area contributed by atoms with Crippen molar-refractivity contribution in [2.75, 3.05) is 0 Å². The van der Waals surface area contributed by atoms with E-state index in [-0.39, 0.29) is 5.75 Å². The van der Waals surface area contributed by atoms with Gasteiger partial charge in [0.15, 0.2) is 0 Å². The van der Waals surface area contributed by atoms with Crippen molar-refractivity contribution in [1.29, 1.82) is 0 Å². The molecule has 3 heteroatoms. The Morgan fingerprint density at radius 2 is 2.14 bits per heavy atom. The molecule has 0 unspecified atom stereocenters. The molecule has 0 saturated carbocycles. The molecule has 0 atom stereocenters. The zero-order chi connectivity index (χ0) is 5.28. The molecule has 7 heavy (non-hydrogen) atoms. The van der Waals surface area contributed by atoms with E-state index in [1.807, 2.05) is 0 Å². The first-order valence-electron chi connectivity index (χ1n) is 1.76. The summed E-state index contributed by atoms with van der Waals surface area (Å²) in [6.07, 6.45) is 1.20. The lowest BCUT2D eigenvalue weighted by Gasteiger charge is -1.77. The first-order valence-corrected chi connectivity index (χ1v) is 1.76. The second-order valence-corrected chi connectivity index (χ2v) is 1.11. The van der Waals surface area contributed by atoms with Gasteiger partial charge < -0.3 is 14.6 Å². The van der Waals surface area contributed by atoms with Crippen LogP contribution in [-0.4, -0.2) is 10.2 Å². The number of rotatable bonds is 0. The number of furan rings is 1. The van der Waals surface area contributed by atoms with Crippen molar-refractivity contribution in [3.8, 4) is 11.7 Å². The smallest absolute Gasteiger partial charge is 0.325 e. The summed E-state index contributed by atoms with van der Waals surface area (Å²) >= 11 is 0. The van der Waals surface area contributed by atoms with Gasteiger partial charge in [0.05, 0.1) is 6.26 Å². The second-order valence-electron chi connectivity index (χ2n) is 1.11. The van der Waals surface area contributed by atoms with Crippen LogP contribution in [0.1, 0.15) is 0 Å². The highest BCUT2D eigenvalue weighted by atomic mass is 16.5. The quantitative estimate of drug-likeness (QED) is 0.504. The molecule has 0 aliphatic rings. The third kappa shape index (κ3) is 0.513. The molecule has 1 rings (SSSR count). The molecule has 0 spiro atoms. The molecule has 0 saturated heterocycles. The molecule has 0 aliphatic carbocycles. The van der Waals surface area contributed by atoms with Gasteiger partial charge >= 0.3 is 5.95 Å². The predicted octanol–water partition coefficient (Wildman–Crippen LogP) is 0.691. The summed E-state index contributed by atoms with van der Waals surface area (Å²) in [5.74, 6) is -0.653. The van der Waals surface area contributed by atoms with Crippen LogP contribution in [0.25, 0.3) is 0 Å². The van der Waals surface area contributed by atoms with Gasteiger partial charge in [0.25, 0.3) is 0 Å². The van der Waals surface area contributed by atoms with Gasteiger partial charge in [0.1, 0.15) is 0 Å². The number of hydrogen-bond donors (Lipinski definition) is 2. The van der Waals surface area contributed by atoms with Crippen molar-refractivity contribution in [3.05, 3.63) is 12.3 Å². The average molecular weight is 100 g/mol. The van der Waals surface area contributed by atoms with Crippen LogP contribution in [0, 0.1) is 0 Å². The van der Waals surface area contributed by atoms with Crippen molar-refractivity contribution in [2.45, 2.75) is 0 Å². The molecule has 0 fully saturated rings. The third-order valence-electron chi connectivity index (χ3n) is 0.625. The molecule has 0 amide bonds. The minimum Gasteiger partial charge on any atom is -0.502 e.